The summed E-state index contributed by atoms with van der Waals surface area (Å²) in [5.74, 6) is -0.920. The topological polar surface area (TPSA) is 78.9 Å². The standard InChI is InChI=1S/C33H30N2O4/c1-4-39-28-18-13-24(20-22(28)3)31(36)29-30(23-10-8-9-21(2)19-23)35(33(38)32(29)37)27-16-14-26(15-17-27)34-25-11-6-5-7-12-25/h5-20,30,34,36H,4H2,1-3H3/b31-29-. The lowest BCUT2D eigenvalue weighted by molar-refractivity contribution is -0.132. The molecule has 1 unspecified atom stereocenters. The molecule has 0 aliphatic carbocycles. The molecular formula is C33H30N2O4. The van der Waals surface area contributed by atoms with Gasteiger partial charge in [-0.2, -0.15) is 0 Å². The number of hydrogen-bond acceptors (Lipinski definition) is 5. The smallest absolute Gasteiger partial charge is 0.300 e. The molecular weight excluding hydrogens is 488 g/mol. The van der Waals surface area contributed by atoms with Gasteiger partial charge in [-0.05, 0) is 86.5 Å². The summed E-state index contributed by atoms with van der Waals surface area (Å²) in [5, 5.41) is 14.8. The third-order valence-corrected chi connectivity index (χ3v) is 6.76. The van der Waals surface area contributed by atoms with Crippen molar-refractivity contribution in [3.8, 4) is 5.75 Å². The Labute approximate surface area is 228 Å². The molecule has 4 aromatic carbocycles. The first-order chi connectivity index (χ1) is 18.9. The fraction of sp³-hybridized carbons (Fsp3) is 0.152. The van der Waals surface area contributed by atoms with Crippen molar-refractivity contribution >= 4 is 34.5 Å². The number of benzene rings is 4. The number of nitrogens with zero attached hydrogens (tertiary/aromatic N) is 1. The Balaban J connectivity index is 1.59. The van der Waals surface area contributed by atoms with Crippen LogP contribution >= 0.6 is 0 Å². The van der Waals surface area contributed by atoms with E-state index in [0.29, 0.717) is 23.6 Å². The Bertz CT molecular complexity index is 1560. The number of ether oxygens (including phenoxy) is 1. The van der Waals surface area contributed by atoms with Crippen LogP contribution < -0.4 is 15.0 Å². The van der Waals surface area contributed by atoms with Crippen molar-refractivity contribution in [2.75, 3.05) is 16.8 Å². The monoisotopic (exact) mass is 518 g/mol. The molecule has 1 aliphatic heterocycles. The number of nitrogens with one attached hydrogen (secondary N) is 1. The highest BCUT2D eigenvalue weighted by Gasteiger charge is 2.47. The third kappa shape index (κ3) is 5.14. The highest BCUT2D eigenvalue weighted by Crippen LogP contribution is 2.43. The van der Waals surface area contributed by atoms with Gasteiger partial charge >= 0.3 is 0 Å². The normalized spacial score (nSPS) is 16.4. The molecule has 6 heteroatoms. The largest absolute Gasteiger partial charge is 0.507 e. The third-order valence-electron chi connectivity index (χ3n) is 6.76. The molecule has 6 nitrogen and oxygen atoms in total. The number of para-hydroxylation sites is 1. The van der Waals surface area contributed by atoms with Crippen molar-refractivity contribution in [1.29, 1.82) is 0 Å². The van der Waals surface area contributed by atoms with E-state index in [9.17, 15) is 14.7 Å². The molecule has 1 amide bonds. The number of rotatable bonds is 7. The van der Waals surface area contributed by atoms with E-state index >= 15 is 0 Å². The van der Waals surface area contributed by atoms with E-state index in [4.69, 9.17) is 4.74 Å². The van der Waals surface area contributed by atoms with Crippen LogP contribution in [0.3, 0.4) is 0 Å². The highest BCUT2D eigenvalue weighted by molar-refractivity contribution is 6.51. The molecule has 4 aromatic rings. The van der Waals surface area contributed by atoms with Crippen LogP contribution in [0.25, 0.3) is 5.76 Å². The van der Waals surface area contributed by atoms with Gasteiger partial charge in [0.1, 0.15) is 11.5 Å². The maximum Gasteiger partial charge on any atom is 0.300 e. The Kier molecular flexibility index (Phi) is 7.19. The number of ketones is 1. The van der Waals surface area contributed by atoms with E-state index in [1.165, 1.54) is 4.90 Å². The Morgan fingerprint density at radius 3 is 2.26 bits per heavy atom. The van der Waals surface area contributed by atoms with Crippen LogP contribution in [0.1, 0.15) is 35.2 Å². The lowest BCUT2D eigenvalue weighted by Gasteiger charge is -2.26. The zero-order chi connectivity index (χ0) is 27.5. The first-order valence-electron chi connectivity index (χ1n) is 12.9. The first-order valence-corrected chi connectivity index (χ1v) is 12.9. The molecule has 1 saturated heterocycles. The van der Waals surface area contributed by atoms with Crippen LogP contribution in [0.15, 0.2) is 103 Å². The van der Waals surface area contributed by atoms with Crippen molar-refractivity contribution in [3.63, 3.8) is 0 Å². The Hall–Kier alpha value is -4.84. The van der Waals surface area contributed by atoms with Crippen LogP contribution in [0.2, 0.25) is 0 Å². The lowest BCUT2D eigenvalue weighted by atomic mass is 9.94. The maximum atomic E-state index is 13.5. The molecule has 0 bridgehead atoms. The number of carbonyl (C=O) groups excluding carboxylic acids is 2. The number of aryl methyl sites for hydroxylation is 2. The molecule has 0 radical (unpaired) electrons. The summed E-state index contributed by atoms with van der Waals surface area (Å²) in [5.41, 5.74) is 5.40. The summed E-state index contributed by atoms with van der Waals surface area (Å²) >= 11 is 0. The second kappa shape index (κ2) is 10.9. The van der Waals surface area contributed by atoms with Crippen molar-refractivity contribution in [3.05, 3.63) is 125 Å². The van der Waals surface area contributed by atoms with Gasteiger partial charge in [-0.25, -0.2) is 0 Å². The van der Waals surface area contributed by atoms with Crippen molar-refractivity contribution in [2.24, 2.45) is 0 Å². The molecule has 5 rings (SSSR count). The van der Waals surface area contributed by atoms with E-state index in [2.05, 4.69) is 5.32 Å². The summed E-state index contributed by atoms with van der Waals surface area (Å²) in [6, 6.07) is 29.2. The maximum absolute atomic E-state index is 13.5. The molecule has 1 aliphatic rings. The van der Waals surface area contributed by atoms with Crippen LogP contribution in [-0.4, -0.2) is 23.4 Å². The fourth-order valence-corrected chi connectivity index (χ4v) is 4.92. The number of amides is 1. The van der Waals surface area contributed by atoms with E-state index in [0.717, 1.165) is 28.1 Å². The molecule has 196 valence electrons. The van der Waals surface area contributed by atoms with E-state index in [-0.39, 0.29) is 11.3 Å². The number of Topliss-reactive ketones (excluding diaryl/α,β-unsaturated/α-hetero) is 1. The molecule has 0 spiro atoms. The van der Waals surface area contributed by atoms with E-state index < -0.39 is 17.7 Å². The van der Waals surface area contributed by atoms with Crippen molar-refractivity contribution < 1.29 is 19.4 Å². The number of anilines is 3. The second-order valence-corrected chi connectivity index (χ2v) is 9.53. The van der Waals surface area contributed by atoms with Gasteiger partial charge in [-0.1, -0.05) is 48.0 Å². The van der Waals surface area contributed by atoms with Crippen LogP contribution in [0.5, 0.6) is 5.75 Å². The fourth-order valence-electron chi connectivity index (χ4n) is 4.92. The van der Waals surface area contributed by atoms with Gasteiger partial charge in [0.25, 0.3) is 11.7 Å². The van der Waals surface area contributed by atoms with E-state index in [1.807, 2.05) is 87.5 Å². The lowest BCUT2D eigenvalue weighted by Crippen LogP contribution is -2.29. The van der Waals surface area contributed by atoms with Crippen molar-refractivity contribution in [2.45, 2.75) is 26.8 Å². The second-order valence-electron chi connectivity index (χ2n) is 9.53. The van der Waals surface area contributed by atoms with Gasteiger partial charge in [-0.3, -0.25) is 14.5 Å². The molecule has 1 fully saturated rings. The van der Waals surface area contributed by atoms with Crippen LogP contribution in [0, 0.1) is 13.8 Å². The molecule has 1 atom stereocenters. The van der Waals surface area contributed by atoms with Gasteiger partial charge in [0.2, 0.25) is 0 Å². The zero-order valence-corrected chi connectivity index (χ0v) is 22.1. The number of aliphatic hydroxyl groups is 1. The van der Waals surface area contributed by atoms with Crippen LogP contribution in [-0.2, 0) is 9.59 Å². The first kappa shape index (κ1) is 25.8. The van der Waals surface area contributed by atoms with Gasteiger partial charge in [0, 0.05) is 22.6 Å². The molecule has 0 aromatic heterocycles. The van der Waals surface area contributed by atoms with Gasteiger partial charge in [-0.15, -0.1) is 0 Å². The predicted octanol–water partition coefficient (Wildman–Crippen LogP) is 7.07. The van der Waals surface area contributed by atoms with Gasteiger partial charge in [0.05, 0.1) is 18.2 Å². The average Bonchev–Trinajstić information content (AvgIpc) is 3.20. The zero-order valence-electron chi connectivity index (χ0n) is 22.1. The summed E-state index contributed by atoms with van der Waals surface area (Å²) in [6.07, 6.45) is 0. The minimum absolute atomic E-state index is 0.0562. The van der Waals surface area contributed by atoms with Crippen LogP contribution in [0.4, 0.5) is 17.1 Å². The minimum atomic E-state index is -0.787. The summed E-state index contributed by atoms with van der Waals surface area (Å²) in [6.45, 7) is 6.25. The molecule has 2 N–H and O–H groups in total. The average molecular weight is 519 g/mol. The number of hydrogen-bond donors (Lipinski definition) is 2. The Morgan fingerprint density at radius 1 is 0.872 bits per heavy atom. The van der Waals surface area contributed by atoms with Crippen molar-refractivity contribution in [1.82, 2.24) is 0 Å². The number of aliphatic hydroxyl groups excluding tert-OH is 1. The summed E-state index contributed by atoms with van der Waals surface area (Å²) in [4.78, 5) is 28.5. The SMILES string of the molecule is CCOc1ccc(/C(O)=C2/C(=O)C(=O)N(c3ccc(Nc4ccccc4)cc3)C2c2cccc(C)c2)cc1C. The molecule has 0 saturated carbocycles. The quantitative estimate of drug-likeness (QED) is 0.155. The Morgan fingerprint density at radius 2 is 1.59 bits per heavy atom. The van der Waals surface area contributed by atoms with Gasteiger partial charge < -0.3 is 15.2 Å². The molecule has 1 heterocycles. The number of carbonyl (C=O) groups is 2. The highest BCUT2D eigenvalue weighted by atomic mass is 16.5. The summed E-state index contributed by atoms with van der Waals surface area (Å²) in [7, 11) is 0. The van der Waals surface area contributed by atoms with E-state index in [1.54, 1.807) is 30.3 Å². The van der Waals surface area contributed by atoms with Gasteiger partial charge in [0.15, 0.2) is 0 Å². The predicted molar refractivity (Wildman–Crippen MR) is 154 cm³/mol. The molecule has 39 heavy (non-hydrogen) atoms. The summed E-state index contributed by atoms with van der Waals surface area (Å²) < 4.78 is 5.63. The minimum Gasteiger partial charge on any atom is -0.507 e.